The van der Waals surface area contributed by atoms with Gasteiger partial charge < -0.3 is 9.26 Å². The molecule has 0 aliphatic carbocycles. The average molecular weight is 340 g/mol. The topological polar surface area (TPSA) is 78.9 Å². The number of hydrogen-bond acceptors (Lipinski definition) is 6. The summed E-state index contributed by atoms with van der Waals surface area (Å²) >= 11 is 11.8. The third kappa shape index (κ3) is 3.75. The first-order valence-corrected chi connectivity index (χ1v) is 7.18. The van der Waals surface area contributed by atoms with Crippen molar-refractivity contribution in [2.24, 2.45) is 0 Å². The molecule has 0 atom stereocenters. The van der Waals surface area contributed by atoms with Crippen LogP contribution in [0.4, 0.5) is 0 Å². The Bertz CT molecular complexity index is 745. The van der Waals surface area contributed by atoms with E-state index in [-0.39, 0.29) is 6.61 Å². The van der Waals surface area contributed by atoms with Crippen molar-refractivity contribution in [1.29, 1.82) is 0 Å². The number of rotatable bonds is 6. The van der Waals surface area contributed by atoms with Crippen LogP contribution in [0.25, 0.3) is 0 Å². The van der Waals surface area contributed by atoms with Crippen LogP contribution < -0.4 is 4.74 Å². The summed E-state index contributed by atoms with van der Waals surface area (Å²) in [4.78, 5) is 8.10. The molecular weight excluding hydrogens is 329 g/mol. The Balaban J connectivity index is 1.55. The van der Waals surface area contributed by atoms with Crippen LogP contribution in [0.1, 0.15) is 11.7 Å². The lowest BCUT2D eigenvalue weighted by molar-refractivity contribution is 0.285. The molecule has 0 spiro atoms. The van der Waals surface area contributed by atoms with E-state index >= 15 is 0 Å². The lowest BCUT2D eigenvalue weighted by Crippen LogP contribution is -2.02. The minimum absolute atomic E-state index is 0.161. The Morgan fingerprint density at radius 3 is 2.95 bits per heavy atom. The van der Waals surface area contributed by atoms with Gasteiger partial charge in [0.2, 0.25) is 11.7 Å². The third-order valence-electron chi connectivity index (χ3n) is 2.78. The SMILES string of the molecule is Clc1ccc(OCc2noc(CCn3cncn3)n2)c(Cl)c1. The molecule has 114 valence electrons. The van der Waals surface area contributed by atoms with Crippen molar-refractivity contribution in [3.8, 4) is 5.75 Å². The molecule has 22 heavy (non-hydrogen) atoms. The number of aromatic nitrogens is 5. The standard InChI is InChI=1S/C13H11Cl2N5O2/c14-9-1-2-11(10(15)5-9)21-6-12-18-13(22-19-12)3-4-20-8-16-7-17-20/h1-2,5,7-8H,3-4,6H2. The zero-order chi connectivity index (χ0) is 15.4. The highest BCUT2D eigenvalue weighted by Gasteiger charge is 2.09. The van der Waals surface area contributed by atoms with Gasteiger partial charge in [0, 0.05) is 11.4 Å². The van der Waals surface area contributed by atoms with Gasteiger partial charge in [-0.1, -0.05) is 28.4 Å². The molecule has 2 heterocycles. The predicted octanol–water partition coefficient (Wildman–Crippen LogP) is 2.79. The van der Waals surface area contributed by atoms with Gasteiger partial charge >= 0.3 is 0 Å². The second-order valence-electron chi connectivity index (χ2n) is 4.38. The molecule has 7 nitrogen and oxygen atoms in total. The molecule has 0 aliphatic heterocycles. The van der Waals surface area contributed by atoms with Crippen LogP contribution >= 0.6 is 23.2 Å². The van der Waals surface area contributed by atoms with Gasteiger partial charge in [0.25, 0.3) is 0 Å². The summed E-state index contributed by atoms with van der Waals surface area (Å²) in [6, 6.07) is 5.00. The van der Waals surface area contributed by atoms with E-state index < -0.39 is 0 Å². The van der Waals surface area contributed by atoms with E-state index in [9.17, 15) is 0 Å². The molecule has 0 saturated heterocycles. The smallest absolute Gasteiger partial charge is 0.228 e. The predicted molar refractivity (Wildman–Crippen MR) is 78.8 cm³/mol. The number of ether oxygens (including phenoxy) is 1. The summed E-state index contributed by atoms with van der Waals surface area (Å²) in [6.07, 6.45) is 3.67. The first-order valence-electron chi connectivity index (χ1n) is 6.42. The highest BCUT2D eigenvalue weighted by molar-refractivity contribution is 6.35. The van der Waals surface area contributed by atoms with E-state index in [1.54, 1.807) is 29.2 Å². The van der Waals surface area contributed by atoms with E-state index in [4.69, 9.17) is 32.5 Å². The number of hydrogen-bond donors (Lipinski definition) is 0. The van der Waals surface area contributed by atoms with Crippen LogP contribution in [-0.4, -0.2) is 24.9 Å². The monoisotopic (exact) mass is 339 g/mol. The Labute approximate surface area is 135 Å². The van der Waals surface area contributed by atoms with Crippen LogP contribution in [0, 0.1) is 0 Å². The molecule has 0 aliphatic rings. The van der Waals surface area contributed by atoms with Gasteiger partial charge in [-0.25, -0.2) is 4.98 Å². The normalized spacial score (nSPS) is 10.8. The Hall–Kier alpha value is -2.12. The Kier molecular flexibility index (Phi) is 4.55. The first-order chi connectivity index (χ1) is 10.7. The van der Waals surface area contributed by atoms with Gasteiger partial charge in [0.05, 0.1) is 11.6 Å². The third-order valence-corrected chi connectivity index (χ3v) is 3.31. The fourth-order valence-corrected chi connectivity index (χ4v) is 2.21. The van der Waals surface area contributed by atoms with Crippen LogP contribution in [0.15, 0.2) is 35.4 Å². The summed E-state index contributed by atoms with van der Waals surface area (Å²) < 4.78 is 12.4. The van der Waals surface area contributed by atoms with Gasteiger partial charge in [-0.05, 0) is 18.2 Å². The van der Waals surface area contributed by atoms with Gasteiger partial charge in [0.15, 0.2) is 6.61 Å². The molecule has 0 bridgehead atoms. The highest BCUT2D eigenvalue weighted by Crippen LogP contribution is 2.27. The van der Waals surface area contributed by atoms with Gasteiger partial charge in [-0.15, -0.1) is 0 Å². The molecule has 9 heteroatoms. The number of halogens is 2. The molecule has 0 radical (unpaired) electrons. The largest absolute Gasteiger partial charge is 0.484 e. The molecule has 0 unspecified atom stereocenters. The maximum atomic E-state index is 6.02. The number of aryl methyl sites for hydroxylation is 2. The molecule has 2 aromatic heterocycles. The fraction of sp³-hybridized carbons (Fsp3) is 0.231. The quantitative estimate of drug-likeness (QED) is 0.687. The minimum atomic E-state index is 0.161. The van der Waals surface area contributed by atoms with Crippen LogP contribution in [0.2, 0.25) is 10.0 Å². The van der Waals surface area contributed by atoms with E-state index in [0.717, 1.165) is 0 Å². The molecule has 0 fully saturated rings. The van der Waals surface area contributed by atoms with E-state index in [2.05, 4.69) is 20.2 Å². The van der Waals surface area contributed by atoms with Gasteiger partial charge in [-0.3, -0.25) is 4.68 Å². The van der Waals surface area contributed by atoms with Gasteiger partial charge in [-0.2, -0.15) is 10.1 Å². The molecular formula is C13H11Cl2N5O2. The summed E-state index contributed by atoms with van der Waals surface area (Å²) in [5.41, 5.74) is 0. The summed E-state index contributed by atoms with van der Waals surface area (Å²) in [5, 5.41) is 8.83. The molecule has 0 saturated carbocycles. The maximum Gasteiger partial charge on any atom is 0.228 e. The van der Waals surface area contributed by atoms with Crippen molar-refractivity contribution in [2.75, 3.05) is 0 Å². The molecule has 0 amide bonds. The van der Waals surface area contributed by atoms with Crippen LogP contribution in [-0.2, 0) is 19.6 Å². The molecule has 1 aromatic carbocycles. The first kappa shape index (κ1) is 14.8. The summed E-state index contributed by atoms with van der Waals surface area (Å²) in [6.45, 7) is 0.777. The van der Waals surface area contributed by atoms with Crippen molar-refractivity contribution < 1.29 is 9.26 Å². The van der Waals surface area contributed by atoms with Crippen molar-refractivity contribution in [3.05, 3.63) is 52.6 Å². The van der Waals surface area contributed by atoms with E-state index in [1.807, 2.05) is 0 Å². The Morgan fingerprint density at radius 1 is 1.27 bits per heavy atom. The summed E-state index contributed by atoms with van der Waals surface area (Å²) in [5.74, 6) is 1.47. The van der Waals surface area contributed by atoms with Crippen LogP contribution in [0.5, 0.6) is 5.75 Å². The minimum Gasteiger partial charge on any atom is -0.484 e. The molecule has 0 N–H and O–H groups in total. The Morgan fingerprint density at radius 2 is 2.18 bits per heavy atom. The lowest BCUT2D eigenvalue weighted by Gasteiger charge is -2.05. The van der Waals surface area contributed by atoms with Crippen LogP contribution in [0.3, 0.4) is 0 Å². The van der Waals surface area contributed by atoms with Crippen molar-refractivity contribution in [2.45, 2.75) is 19.6 Å². The zero-order valence-electron chi connectivity index (χ0n) is 11.3. The lowest BCUT2D eigenvalue weighted by atomic mass is 10.3. The molecule has 3 rings (SSSR count). The van der Waals surface area contributed by atoms with E-state index in [0.29, 0.717) is 40.5 Å². The fourth-order valence-electron chi connectivity index (χ4n) is 1.74. The second-order valence-corrected chi connectivity index (χ2v) is 5.22. The van der Waals surface area contributed by atoms with Gasteiger partial charge in [0.1, 0.15) is 18.4 Å². The summed E-state index contributed by atoms with van der Waals surface area (Å²) in [7, 11) is 0. The van der Waals surface area contributed by atoms with Crippen molar-refractivity contribution in [3.63, 3.8) is 0 Å². The second kappa shape index (κ2) is 6.76. The number of benzene rings is 1. The van der Waals surface area contributed by atoms with Crippen molar-refractivity contribution in [1.82, 2.24) is 24.9 Å². The number of nitrogens with zero attached hydrogens (tertiary/aromatic N) is 5. The molecule has 3 aromatic rings. The van der Waals surface area contributed by atoms with E-state index in [1.165, 1.54) is 6.33 Å². The zero-order valence-corrected chi connectivity index (χ0v) is 12.8. The van der Waals surface area contributed by atoms with Crippen molar-refractivity contribution >= 4 is 23.2 Å². The highest BCUT2D eigenvalue weighted by atomic mass is 35.5. The maximum absolute atomic E-state index is 6.02. The average Bonchev–Trinajstić information content (AvgIpc) is 3.16.